The average molecular weight is 419 g/mol. The summed E-state index contributed by atoms with van der Waals surface area (Å²) in [7, 11) is 0. The maximum absolute atomic E-state index is 8.89. The number of nitrogens with zero attached hydrogens (tertiary/aromatic N) is 1. The number of halogens is 1. The number of benzene rings is 1. The Labute approximate surface area is 151 Å². The van der Waals surface area contributed by atoms with Crippen molar-refractivity contribution in [2.75, 3.05) is 26.2 Å². The molecule has 0 heterocycles. The van der Waals surface area contributed by atoms with Crippen molar-refractivity contribution in [1.29, 1.82) is 0 Å². The zero-order valence-corrected chi connectivity index (χ0v) is 16.5. The lowest BCUT2D eigenvalue weighted by molar-refractivity contribution is 0.300. The zero-order chi connectivity index (χ0) is 15.7. The minimum absolute atomic E-state index is 0. The summed E-state index contributed by atoms with van der Waals surface area (Å²) in [5.41, 5.74) is 2.63. The summed E-state index contributed by atoms with van der Waals surface area (Å²) in [5, 5.41) is 15.2. The molecule has 5 heteroatoms. The van der Waals surface area contributed by atoms with Gasteiger partial charge in [0, 0.05) is 18.5 Å². The first-order chi connectivity index (χ1) is 10.0. The van der Waals surface area contributed by atoms with Gasteiger partial charge in [-0.25, -0.2) is 0 Å². The summed E-state index contributed by atoms with van der Waals surface area (Å²) in [6.45, 7) is 10.7. The average Bonchev–Trinajstić information content (AvgIpc) is 2.50. The van der Waals surface area contributed by atoms with Gasteiger partial charge in [-0.1, -0.05) is 45.0 Å². The van der Waals surface area contributed by atoms with Crippen LogP contribution in [-0.4, -0.2) is 37.3 Å². The van der Waals surface area contributed by atoms with Gasteiger partial charge < -0.3 is 15.7 Å². The highest BCUT2D eigenvalue weighted by Crippen LogP contribution is 2.24. The van der Waals surface area contributed by atoms with Gasteiger partial charge in [-0.05, 0) is 24.5 Å². The van der Waals surface area contributed by atoms with Crippen LogP contribution in [0, 0.1) is 0 Å². The molecule has 0 spiro atoms. The smallest absolute Gasteiger partial charge is 0.191 e. The fourth-order valence-electron chi connectivity index (χ4n) is 2.08. The topological polar surface area (TPSA) is 56.7 Å². The standard InChI is InChI=1S/C17H29N3O.HI/c1-5-14-7-9-15(10-8-14)17(3,4)13-20-16(18-6-2)19-11-12-21;/h7-10,21H,5-6,11-13H2,1-4H3,(H2,18,19,20);1H. The van der Waals surface area contributed by atoms with Crippen LogP contribution >= 0.6 is 24.0 Å². The molecule has 22 heavy (non-hydrogen) atoms. The Kier molecular flexibility index (Phi) is 10.4. The number of nitrogens with one attached hydrogen (secondary N) is 2. The van der Waals surface area contributed by atoms with Crippen molar-refractivity contribution in [2.45, 2.75) is 39.5 Å². The van der Waals surface area contributed by atoms with Crippen LogP contribution in [0.5, 0.6) is 0 Å². The number of aliphatic hydroxyl groups excluding tert-OH is 1. The predicted octanol–water partition coefficient (Wildman–Crippen LogP) is 2.69. The van der Waals surface area contributed by atoms with E-state index in [9.17, 15) is 0 Å². The fraction of sp³-hybridized carbons (Fsp3) is 0.588. The lowest BCUT2D eigenvalue weighted by Crippen LogP contribution is -2.39. The number of aliphatic imine (C=N–C) groups is 1. The molecule has 0 bridgehead atoms. The van der Waals surface area contributed by atoms with Crippen molar-refractivity contribution in [2.24, 2.45) is 4.99 Å². The van der Waals surface area contributed by atoms with Crippen LogP contribution in [0.25, 0.3) is 0 Å². The molecule has 0 aliphatic heterocycles. The van der Waals surface area contributed by atoms with Gasteiger partial charge in [-0.2, -0.15) is 0 Å². The molecule has 1 rings (SSSR count). The van der Waals surface area contributed by atoms with Crippen LogP contribution in [0.15, 0.2) is 29.3 Å². The fourth-order valence-corrected chi connectivity index (χ4v) is 2.08. The molecule has 0 atom stereocenters. The quantitative estimate of drug-likeness (QED) is 0.362. The molecule has 3 N–H and O–H groups in total. The third-order valence-corrected chi connectivity index (χ3v) is 3.52. The summed E-state index contributed by atoms with van der Waals surface area (Å²) < 4.78 is 0. The lowest BCUT2D eigenvalue weighted by Gasteiger charge is -2.24. The van der Waals surface area contributed by atoms with Gasteiger partial charge >= 0.3 is 0 Å². The highest BCUT2D eigenvalue weighted by Gasteiger charge is 2.20. The van der Waals surface area contributed by atoms with Gasteiger partial charge in [0.05, 0.1) is 13.2 Å². The molecule has 1 aromatic carbocycles. The second kappa shape index (κ2) is 10.8. The van der Waals surface area contributed by atoms with E-state index in [2.05, 4.69) is 60.7 Å². The van der Waals surface area contributed by atoms with Gasteiger partial charge in [-0.3, -0.25) is 4.99 Å². The van der Waals surface area contributed by atoms with Crippen LogP contribution < -0.4 is 10.6 Å². The van der Waals surface area contributed by atoms with Crippen molar-refractivity contribution in [1.82, 2.24) is 10.6 Å². The van der Waals surface area contributed by atoms with Gasteiger partial charge in [0.25, 0.3) is 0 Å². The van der Waals surface area contributed by atoms with Crippen LogP contribution in [-0.2, 0) is 11.8 Å². The summed E-state index contributed by atoms with van der Waals surface area (Å²) in [6.07, 6.45) is 1.06. The SMILES string of the molecule is CCNC(=NCC(C)(C)c1ccc(CC)cc1)NCCO.I. The third-order valence-electron chi connectivity index (χ3n) is 3.52. The number of rotatable bonds is 7. The molecule has 0 aliphatic carbocycles. The number of aryl methyl sites for hydroxylation is 1. The van der Waals surface area contributed by atoms with Crippen LogP contribution in [0.1, 0.15) is 38.8 Å². The number of guanidine groups is 1. The molecule has 0 unspecified atom stereocenters. The van der Waals surface area contributed by atoms with E-state index in [4.69, 9.17) is 5.11 Å². The second-order valence-electron chi connectivity index (χ2n) is 5.78. The normalized spacial score (nSPS) is 11.8. The largest absolute Gasteiger partial charge is 0.395 e. The minimum Gasteiger partial charge on any atom is -0.395 e. The summed E-state index contributed by atoms with van der Waals surface area (Å²) in [4.78, 5) is 4.62. The maximum Gasteiger partial charge on any atom is 0.191 e. The molecule has 0 aliphatic rings. The zero-order valence-electron chi connectivity index (χ0n) is 14.1. The Hall–Kier alpha value is -0.820. The van der Waals surface area contributed by atoms with E-state index in [1.165, 1.54) is 11.1 Å². The number of hydrogen-bond acceptors (Lipinski definition) is 2. The van der Waals surface area contributed by atoms with E-state index in [1.807, 2.05) is 6.92 Å². The molecule has 1 aromatic rings. The molecular formula is C17H30IN3O. The molecule has 0 saturated heterocycles. The Bertz CT molecular complexity index is 444. The Morgan fingerprint density at radius 1 is 1.14 bits per heavy atom. The van der Waals surface area contributed by atoms with Crippen molar-refractivity contribution < 1.29 is 5.11 Å². The van der Waals surface area contributed by atoms with Crippen molar-refractivity contribution in [3.05, 3.63) is 35.4 Å². The van der Waals surface area contributed by atoms with Crippen molar-refractivity contribution in [3.8, 4) is 0 Å². The van der Waals surface area contributed by atoms with E-state index >= 15 is 0 Å². The first-order valence-corrected chi connectivity index (χ1v) is 7.76. The van der Waals surface area contributed by atoms with E-state index in [0.717, 1.165) is 18.9 Å². The minimum atomic E-state index is -0.0200. The van der Waals surface area contributed by atoms with Crippen molar-refractivity contribution in [3.63, 3.8) is 0 Å². The van der Waals surface area contributed by atoms with Crippen LogP contribution in [0.4, 0.5) is 0 Å². The third kappa shape index (κ3) is 6.96. The van der Waals surface area contributed by atoms with E-state index in [0.29, 0.717) is 13.1 Å². The second-order valence-corrected chi connectivity index (χ2v) is 5.78. The van der Waals surface area contributed by atoms with Gasteiger partial charge in [0.1, 0.15) is 0 Å². The lowest BCUT2D eigenvalue weighted by atomic mass is 9.84. The summed E-state index contributed by atoms with van der Waals surface area (Å²) in [6, 6.07) is 8.77. The summed E-state index contributed by atoms with van der Waals surface area (Å²) >= 11 is 0. The van der Waals surface area contributed by atoms with Crippen LogP contribution in [0.3, 0.4) is 0 Å². The number of aliphatic hydroxyl groups is 1. The molecule has 0 aromatic heterocycles. The Balaban J connectivity index is 0.00000441. The van der Waals surface area contributed by atoms with E-state index in [-0.39, 0.29) is 36.0 Å². The van der Waals surface area contributed by atoms with Gasteiger partial charge in [0.2, 0.25) is 0 Å². The molecule has 0 amide bonds. The monoisotopic (exact) mass is 419 g/mol. The Morgan fingerprint density at radius 2 is 1.77 bits per heavy atom. The first kappa shape index (κ1) is 21.2. The van der Waals surface area contributed by atoms with Crippen LogP contribution in [0.2, 0.25) is 0 Å². The molecule has 0 radical (unpaired) electrons. The maximum atomic E-state index is 8.89. The van der Waals surface area contributed by atoms with E-state index in [1.54, 1.807) is 0 Å². The molecule has 0 fully saturated rings. The summed E-state index contributed by atoms with van der Waals surface area (Å²) in [5.74, 6) is 0.754. The highest BCUT2D eigenvalue weighted by molar-refractivity contribution is 14.0. The first-order valence-electron chi connectivity index (χ1n) is 7.76. The number of hydrogen-bond donors (Lipinski definition) is 3. The predicted molar refractivity (Wildman–Crippen MR) is 105 cm³/mol. The van der Waals surface area contributed by atoms with Crippen molar-refractivity contribution >= 4 is 29.9 Å². The van der Waals surface area contributed by atoms with E-state index < -0.39 is 0 Å². The molecular weight excluding hydrogens is 389 g/mol. The van der Waals surface area contributed by atoms with Gasteiger partial charge in [-0.15, -0.1) is 24.0 Å². The highest BCUT2D eigenvalue weighted by atomic mass is 127. The molecule has 126 valence electrons. The van der Waals surface area contributed by atoms with Gasteiger partial charge in [0.15, 0.2) is 5.96 Å². The molecule has 0 saturated carbocycles. The molecule has 4 nitrogen and oxygen atoms in total. The Morgan fingerprint density at radius 3 is 2.27 bits per heavy atom.